The van der Waals surface area contributed by atoms with Crippen LogP contribution in [0.5, 0.6) is 0 Å². The molecule has 0 saturated heterocycles. The van der Waals surface area contributed by atoms with Gasteiger partial charge in [0, 0.05) is 6.08 Å². The highest BCUT2D eigenvalue weighted by atomic mass is 16.3. The van der Waals surface area contributed by atoms with Gasteiger partial charge < -0.3 is 10.8 Å². The highest BCUT2D eigenvalue weighted by Crippen LogP contribution is 1.84. The van der Waals surface area contributed by atoms with Gasteiger partial charge in [0.1, 0.15) is 11.6 Å². The first-order valence-electron chi connectivity index (χ1n) is 2.04. The Morgan fingerprint density at radius 2 is 2.25 bits per heavy atom. The molecule has 0 aromatic rings. The minimum absolute atomic E-state index is 0.0856. The van der Waals surface area contributed by atoms with Crippen molar-refractivity contribution >= 4 is 5.84 Å². The molecule has 0 bridgehead atoms. The van der Waals surface area contributed by atoms with Crippen molar-refractivity contribution in [2.45, 2.75) is 0 Å². The molecule has 0 rings (SSSR count). The van der Waals surface area contributed by atoms with E-state index in [0.717, 1.165) is 6.08 Å². The van der Waals surface area contributed by atoms with Gasteiger partial charge >= 0.3 is 0 Å². The van der Waals surface area contributed by atoms with Gasteiger partial charge in [-0.3, -0.25) is 5.41 Å². The molecule has 0 aliphatic rings. The molecule has 0 aliphatic carbocycles. The van der Waals surface area contributed by atoms with Crippen LogP contribution in [-0.2, 0) is 0 Å². The van der Waals surface area contributed by atoms with Gasteiger partial charge in [-0.2, -0.15) is 0 Å². The third-order valence-corrected chi connectivity index (χ3v) is 0.513. The van der Waals surface area contributed by atoms with E-state index in [1.54, 1.807) is 0 Å². The van der Waals surface area contributed by atoms with Crippen LogP contribution in [-0.4, -0.2) is 10.9 Å². The number of aliphatic hydroxyl groups excluding tert-OH is 1. The summed E-state index contributed by atoms with van der Waals surface area (Å²) in [6.07, 6.45) is 2.31. The minimum Gasteiger partial charge on any atom is -0.508 e. The summed E-state index contributed by atoms with van der Waals surface area (Å²) in [4.78, 5) is 0. The Kier molecular flexibility index (Phi) is 2.40. The Balaban J connectivity index is 3.94. The Hall–Kier alpha value is -1.25. The number of nitrogens with two attached hydrogens (primary N) is 1. The number of aliphatic hydroxyl groups is 1. The van der Waals surface area contributed by atoms with E-state index in [0.29, 0.717) is 0 Å². The summed E-state index contributed by atoms with van der Waals surface area (Å²) in [5, 5.41) is 15.2. The van der Waals surface area contributed by atoms with Gasteiger partial charge in [0.25, 0.3) is 0 Å². The van der Waals surface area contributed by atoms with Crippen molar-refractivity contribution in [2.75, 3.05) is 0 Å². The zero-order valence-corrected chi connectivity index (χ0v) is 4.39. The quantitative estimate of drug-likeness (QED) is 0.211. The average molecular weight is 112 g/mol. The van der Waals surface area contributed by atoms with Gasteiger partial charge in [0.2, 0.25) is 0 Å². The first kappa shape index (κ1) is 6.75. The molecule has 0 saturated carbocycles. The molecular weight excluding hydrogens is 104 g/mol. The van der Waals surface area contributed by atoms with E-state index >= 15 is 0 Å². The lowest BCUT2D eigenvalue weighted by molar-refractivity contribution is 0.433. The topological polar surface area (TPSA) is 70.1 Å². The average Bonchev–Trinajstić information content (AvgIpc) is 1.65. The van der Waals surface area contributed by atoms with E-state index in [4.69, 9.17) is 16.2 Å². The van der Waals surface area contributed by atoms with Gasteiger partial charge in [-0.1, -0.05) is 6.58 Å². The Morgan fingerprint density at radius 1 is 1.75 bits per heavy atom. The molecular formula is C5H8N2O. The maximum Gasteiger partial charge on any atom is 0.119 e. The lowest BCUT2D eigenvalue weighted by atomic mass is 10.4. The lowest BCUT2D eigenvalue weighted by Crippen LogP contribution is -2.05. The monoisotopic (exact) mass is 112 g/mol. The highest BCUT2D eigenvalue weighted by Gasteiger charge is 1.82. The predicted molar refractivity (Wildman–Crippen MR) is 32.8 cm³/mol. The molecule has 0 aromatic heterocycles. The fourth-order valence-electron chi connectivity index (χ4n) is 0.218. The summed E-state index contributed by atoms with van der Waals surface area (Å²) in [7, 11) is 0. The molecule has 0 aromatic carbocycles. The van der Waals surface area contributed by atoms with E-state index in [9.17, 15) is 0 Å². The maximum atomic E-state index is 8.55. The smallest absolute Gasteiger partial charge is 0.119 e. The summed E-state index contributed by atoms with van der Waals surface area (Å²) < 4.78 is 0. The molecule has 0 amide bonds. The Morgan fingerprint density at radius 3 is 2.38 bits per heavy atom. The van der Waals surface area contributed by atoms with Crippen molar-refractivity contribution in [3.63, 3.8) is 0 Å². The van der Waals surface area contributed by atoms with Gasteiger partial charge in [0.05, 0.1) is 0 Å². The van der Waals surface area contributed by atoms with Crippen LogP contribution >= 0.6 is 0 Å². The largest absolute Gasteiger partial charge is 0.508 e. The first-order chi connectivity index (χ1) is 3.66. The van der Waals surface area contributed by atoms with Crippen molar-refractivity contribution < 1.29 is 5.11 Å². The minimum atomic E-state index is -0.178. The molecule has 0 radical (unpaired) electrons. The third-order valence-electron chi connectivity index (χ3n) is 0.513. The van der Waals surface area contributed by atoms with Gasteiger partial charge in [-0.05, 0) is 6.08 Å². The maximum absolute atomic E-state index is 8.55. The second-order valence-corrected chi connectivity index (χ2v) is 1.23. The van der Waals surface area contributed by atoms with E-state index in [1.807, 2.05) is 0 Å². The molecule has 0 heterocycles. The van der Waals surface area contributed by atoms with E-state index < -0.39 is 0 Å². The van der Waals surface area contributed by atoms with E-state index in [1.165, 1.54) is 6.08 Å². The van der Waals surface area contributed by atoms with E-state index in [2.05, 4.69) is 6.58 Å². The number of amidine groups is 1. The van der Waals surface area contributed by atoms with Crippen molar-refractivity contribution in [3.05, 3.63) is 24.5 Å². The molecule has 8 heavy (non-hydrogen) atoms. The molecule has 0 atom stereocenters. The van der Waals surface area contributed by atoms with Crippen LogP contribution in [0.15, 0.2) is 24.5 Å². The predicted octanol–water partition coefficient (Wildman–Crippen LogP) is 0.550. The van der Waals surface area contributed by atoms with Crippen LogP contribution in [0.1, 0.15) is 0 Å². The number of hydrogen-bond acceptors (Lipinski definition) is 2. The number of rotatable bonds is 2. The molecule has 0 unspecified atom stereocenters. The first-order valence-corrected chi connectivity index (χ1v) is 2.04. The fraction of sp³-hybridized carbons (Fsp3) is 0. The molecule has 4 N–H and O–H groups in total. The zero-order valence-electron chi connectivity index (χ0n) is 4.39. The van der Waals surface area contributed by atoms with Crippen LogP contribution in [0.2, 0.25) is 0 Å². The molecule has 3 heteroatoms. The van der Waals surface area contributed by atoms with Crippen molar-refractivity contribution in [1.82, 2.24) is 0 Å². The molecule has 0 spiro atoms. The van der Waals surface area contributed by atoms with Crippen LogP contribution in [0.3, 0.4) is 0 Å². The Bertz CT molecular complexity index is 137. The third kappa shape index (κ3) is 2.96. The lowest BCUT2D eigenvalue weighted by Gasteiger charge is -1.85. The van der Waals surface area contributed by atoms with Gasteiger partial charge in [-0.25, -0.2) is 0 Å². The van der Waals surface area contributed by atoms with Gasteiger partial charge in [0.15, 0.2) is 0 Å². The normalized spacial score (nSPS) is 10.8. The summed E-state index contributed by atoms with van der Waals surface area (Å²) in [6.45, 7) is 3.24. The Labute approximate surface area is 47.6 Å². The van der Waals surface area contributed by atoms with Crippen LogP contribution in [0, 0.1) is 5.41 Å². The summed E-state index contributed by atoms with van der Waals surface area (Å²) in [5.74, 6) is -0.264. The summed E-state index contributed by atoms with van der Waals surface area (Å²) in [6, 6.07) is 0. The van der Waals surface area contributed by atoms with Crippen LogP contribution in [0.25, 0.3) is 0 Å². The van der Waals surface area contributed by atoms with Crippen molar-refractivity contribution in [2.24, 2.45) is 5.73 Å². The molecule has 44 valence electrons. The van der Waals surface area contributed by atoms with Crippen molar-refractivity contribution in [1.29, 1.82) is 5.41 Å². The number of allylic oxidation sites excluding steroid dienone is 1. The number of nitrogens with one attached hydrogen (secondary N) is 1. The molecule has 0 aliphatic heterocycles. The number of hydrogen-bond donors (Lipinski definition) is 3. The van der Waals surface area contributed by atoms with Crippen molar-refractivity contribution in [3.8, 4) is 0 Å². The van der Waals surface area contributed by atoms with Gasteiger partial charge in [-0.15, -0.1) is 0 Å². The summed E-state index contributed by atoms with van der Waals surface area (Å²) in [5.41, 5.74) is 4.87. The fourth-order valence-corrected chi connectivity index (χ4v) is 0.218. The zero-order chi connectivity index (χ0) is 6.57. The van der Waals surface area contributed by atoms with Crippen LogP contribution < -0.4 is 5.73 Å². The molecule has 0 fully saturated rings. The highest BCUT2D eigenvalue weighted by molar-refractivity contribution is 5.89. The summed E-state index contributed by atoms with van der Waals surface area (Å²) >= 11 is 0. The van der Waals surface area contributed by atoms with E-state index in [-0.39, 0.29) is 11.6 Å². The standard InChI is InChI=1S/C5H8N2O/c1-2-4(8)3-5(6)7/h2-3,8H,1H2,(H3,6,7). The molecule has 3 nitrogen and oxygen atoms in total. The SMILES string of the molecule is C=CC(O)=CC(=N)N. The second-order valence-electron chi connectivity index (χ2n) is 1.23. The van der Waals surface area contributed by atoms with Crippen LogP contribution in [0.4, 0.5) is 0 Å². The second kappa shape index (κ2) is 2.85.